The Morgan fingerprint density at radius 3 is 2.89 bits per heavy atom. The van der Waals surface area contributed by atoms with Crippen molar-refractivity contribution in [2.45, 2.75) is 45.7 Å². The summed E-state index contributed by atoms with van der Waals surface area (Å²) in [4.78, 5) is 6.34. The van der Waals surface area contributed by atoms with Gasteiger partial charge in [0.05, 0.1) is 0 Å². The molecule has 1 fully saturated rings. The summed E-state index contributed by atoms with van der Waals surface area (Å²) in [5.41, 5.74) is 0.703. The first-order chi connectivity index (χ1) is 8.56. The first-order valence-corrected chi connectivity index (χ1v) is 6.68. The van der Waals surface area contributed by atoms with Crippen LogP contribution in [0.3, 0.4) is 0 Å². The molecule has 0 unspecified atom stereocenters. The van der Waals surface area contributed by atoms with Crippen molar-refractivity contribution in [1.82, 2.24) is 10.3 Å². The summed E-state index contributed by atoms with van der Waals surface area (Å²) in [6, 6.07) is 1.75. The van der Waals surface area contributed by atoms with E-state index in [4.69, 9.17) is 0 Å². The number of nitrogens with one attached hydrogen (secondary N) is 1. The van der Waals surface area contributed by atoms with E-state index < -0.39 is 0 Å². The van der Waals surface area contributed by atoms with Crippen LogP contribution in [0.4, 0.5) is 10.2 Å². The van der Waals surface area contributed by atoms with Crippen LogP contribution in [0.15, 0.2) is 12.3 Å². The summed E-state index contributed by atoms with van der Waals surface area (Å²) < 4.78 is 14.4. The zero-order chi connectivity index (χ0) is 13.2. The first kappa shape index (κ1) is 13.3. The third-order valence-corrected chi connectivity index (χ3v) is 3.67. The molecule has 1 aliphatic heterocycles. The zero-order valence-corrected chi connectivity index (χ0v) is 11.5. The molecule has 0 radical (unpaired) electrons. The maximum absolute atomic E-state index is 14.4. The third-order valence-electron chi connectivity index (χ3n) is 3.67. The molecule has 0 saturated carbocycles. The quantitative estimate of drug-likeness (QED) is 0.892. The Hall–Kier alpha value is -1.16. The zero-order valence-electron chi connectivity index (χ0n) is 11.5. The maximum Gasteiger partial charge on any atom is 0.170 e. The van der Waals surface area contributed by atoms with Gasteiger partial charge in [0.25, 0.3) is 0 Å². The molecule has 1 aromatic rings. The lowest BCUT2D eigenvalue weighted by atomic mass is 10.0. The number of pyridine rings is 1. The van der Waals surface area contributed by atoms with Gasteiger partial charge in [-0.25, -0.2) is 9.37 Å². The normalized spacial score (nSPS) is 18.3. The minimum atomic E-state index is -0.173. The fourth-order valence-electron chi connectivity index (χ4n) is 2.56. The molecule has 18 heavy (non-hydrogen) atoms. The topological polar surface area (TPSA) is 28.2 Å². The summed E-state index contributed by atoms with van der Waals surface area (Å²) in [5.74, 6) is 0.335. The average molecular weight is 251 g/mol. The lowest BCUT2D eigenvalue weighted by Crippen LogP contribution is -2.39. The average Bonchev–Trinajstić information content (AvgIpc) is 2.68. The molecular formula is C14H22FN3. The molecule has 1 aromatic heterocycles. The predicted molar refractivity (Wildman–Crippen MR) is 72.2 cm³/mol. The second-order valence-corrected chi connectivity index (χ2v) is 5.46. The molecule has 1 saturated heterocycles. The van der Waals surface area contributed by atoms with Gasteiger partial charge in [-0.1, -0.05) is 6.92 Å². The summed E-state index contributed by atoms with van der Waals surface area (Å²) in [6.45, 7) is 8.61. The van der Waals surface area contributed by atoms with Gasteiger partial charge >= 0.3 is 0 Å². The molecule has 0 aliphatic carbocycles. The third kappa shape index (κ3) is 2.48. The number of hydrogen-bond acceptors (Lipinski definition) is 3. The summed E-state index contributed by atoms with van der Waals surface area (Å²) in [6.07, 6.45) is 3.90. The van der Waals surface area contributed by atoms with Crippen LogP contribution in [0.25, 0.3) is 0 Å². The first-order valence-electron chi connectivity index (χ1n) is 6.68. The van der Waals surface area contributed by atoms with Crippen LogP contribution < -0.4 is 10.2 Å². The number of hydrogen-bond donors (Lipinski definition) is 1. The van der Waals surface area contributed by atoms with E-state index >= 15 is 0 Å². The number of aromatic nitrogens is 1. The molecule has 3 nitrogen and oxygen atoms in total. The van der Waals surface area contributed by atoms with Crippen LogP contribution >= 0.6 is 0 Å². The fourth-order valence-corrected chi connectivity index (χ4v) is 2.56. The molecule has 0 spiro atoms. The Bertz CT molecular complexity index is 418. The molecular weight excluding hydrogens is 229 g/mol. The largest absolute Gasteiger partial charge is 0.349 e. The van der Waals surface area contributed by atoms with Gasteiger partial charge in [-0.05, 0) is 39.3 Å². The van der Waals surface area contributed by atoms with Crippen molar-refractivity contribution < 1.29 is 4.39 Å². The number of nitrogens with zero attached hydrogens (tertiary/aromatic N) is 2. The van der Waals surface area contributed by atoms with E-state index in [1.54, 1.807) is 12.3 Å². The fraction of sp³-hybridized carbons (Fsp3) is 0.643. The minimum absolute atomic E-state index is 0.00461. The van der Waals surface area contributed by atoms with Gasteiger partial charge in [0.15, 0.2) is 11.6 Å². The summed E-state index contributed by atoms with van der Waals surface area (Å²) in [5, 5.41) is 3.16. The smallest absolute Gasteiger partial charge is 0.170 e. The Balaban J connectivity index is 2.28. The SMILES string of the molecule is CCNCc1ccnc(N2CCCC2(C)C)c1F. The standard InChI is InChI=1S/C14H22FN3/c1-4-16-10-11-6-8-17-13(12(11)15)18-9-5-7-14(18,2)3/h6,8,16H,4-5,7,9-10H2,1-3H3. The van der Waals surface area contributed by atoms with Gasteiger partial charge in [0.1, 0.15) is 0 Å². The molecule has 0 bridgehead atoms. The van der Waals surface area contributed by atoms with E-state index in [0.717, 1.165) is 25.9 Å². The molecule has 4 heteroatoms. The number of halogens is 1. The Labute approximate surface area is 108 Å². The molecule has 2 rings (SSSR count). The van der Waals surface area contributed by atoms with E-state index in [2.05, 4.69) is 29.0 Å². The highest BCUT2D eigenvalue weighted by atomic mass is 19.1. The van der Waals surface area contributed by atoms with Gasteiger partial charge in [0.2, 0.25) is 0 Å². The van der Waals surface area contributed by atoms with Crippen molar-refractivity contribution in [2.75, 3.05) is 18.0 Å². The van der Waals surface area contributed by atoms with Crippen molar-refractivity contribution >= 4 is 5.82 Å². The molecule has 0 aromatic carbocycles. The van der Waals surface area contributed by atoms with Crippen LogP contribution in [-0.2, 0) is 6.54 Å². The van der Waals surface area contributed by atoms with Crippen LogP contribution in [0, 0.1) is 5.82 Å². The van der Waals surface area contributed by atoms with Gasteiger partial charge in [-0.2, -0.15) is 0 Å². The van der Waals surface area contributed by atoms with Gasteiger partial charge in [-0.15, -0.1) is 0 Å². The lowest BCUT2D eigenvalue weighted by Gasteiger charge is -2.33. The van der Waals surface area contributed by atoms with Crippen molar-refractivity contribution in [2.24, 2.45) is 0 Å². The second-order valence-electron chi connectivity index (χ2n) is 5.46. The highest BCUT2D eigenvalue weighted by Gasteiger charge is 2.34. The van der Waals surface area contributed by atoms with Crippen LogP contribution in [0.1, 0.15) is 39.2 Å². The van der Waals surface area contributed by atoms with Crippen LogP contribution in [0.2, 0.25) is 0 Å². The second kappa shape index (κ2) is 5.22. The molecule has 1 N–H and O–H groups in total. The monoisotopic (exact) mass is 251 g/mol. The Morgan fingerprint density at radius 1 is 1.50 bits per heavy atom. The Morgan fingerprint density at radius 2 is 2.28 bits per heavy atom. The molecule has 2 heterocycles. The van der Waals surface area contributed by atoms with E-state index in [-0.39, 0.29) is 11.4 Å². The molecule has 0 atom stereocenters. The van der Waals surface area contributed by atoms with Gasteiger partial charge in [0, 0.05) is 30.4 Å². The number of rotatable bonds is 4. The highest BCUT2D eigenvalue weighted by molar-refractivity contribution is 5.46. The highest BCUT2D eigenvalue weighted by Crippen LogP contribution is 2.34. The van der Waals surface area contributed by atoms with E-state index in [1.165, 1.54) is 0 Å². The van der Waals surface area contributed by atoms with Crippen molar-refractivity contribution in [1.29, 1.82) is 0 Å². The lowest BCUT2D eigenvalue weighted by molar-refractivity contribution is 0.497. The Kier molecular flexibility index (Phi) is 3.85. The van der Waals surface area contributed by atoms with Crippen molar-refractivity contribution in [3.05, 3.63) is 23.6 Å². The summed E-state index contributed by atoms with van der Waals surface area (Å²) in [7, 11) is 0. The van der Waals surface area contributed by atoms with Crippen LogP contribution in [-0.4, -0.2) is 23.6 Å². The van der Waals surface area contributed by atoms with Crippen molar-refractivity contribution in [3.8, 4) is 0 Å². The van der Waals surface area contributed by atoms with Gasteiger partial charge < -0.3 is 10.2 Å². The number of anilines is 1. The molecule has 100 valence electrons. The predicted octanol–water partition coefficient (Wildman–Crippen LogP) is 2.71. The van der Waals surface area contributed by atoms with Crippen LogP contribution in [0.5, 0.6) is 0 Å². The molecule has 0 amide bonds. The van der Waals surface area contributed by atoms with E-state index in [1.807, 2.05) is 6.92 Å². The van der Waals surface area contributed by atoms with E-state index in [0.29, 0.717) is 17.9 Å². The minimum Gasteiger partial charge on any atom is -0.349 e. The maximum atomic E-state index is 14.4. The molecule has 1 aliphatic rings. The van der Waals surface area contributed by atoms with E-state index in [9.17, 15) is 4.39 Å². The summed E-state index contributed by atoms with van der Waals surface area (Å²) >= 11 is 0. The van der Waals surface area contributed by atoms with Gasteiger partial charge in [-0.3, -0.25) is 0 Å². The van der Waals surface area contributed by atoms with Crippen molar-refractivity contribution in [3.63, 3.8) is 0 Å².